The van der Waals surface area contributed by atoms with E-state index < -0.39 is 17.3 Å². The molecule has 0 aliphatic heterocycles. The van der Waals surface area contributed by atoms with Crippen LogP contribution in [-0.2, 0) is 13.0 Å². The summed E-state index contributed by atoms with van der Waals surface area (Å²) >= 11 is 4.13. The van der Waals surface area contributed by atoms with Crippen molar-refractivity contribution in [2.75, 3.05) is 5.73 Å². The molecular formula is C15H15F2N5OS. The quantitative estimate of drug-likeness (QED) is 0.706. The van der Waals surface area contributed by atoms with E-state index in [2.05, 4.69) is 22.8 Å². The highest BCUT2D eigenvalue weighted by atomic mass is 32.1. The lowest BCUT2D eigenvalue weighted by Gasteiger charge is -2.06. The number of nitrogens with zero attached hydrogens (tertiary/aromatic N) is 4. The molecule has 0 saturated heterocycles. The molecule has 2 heterocycles. The summed E-state index contributed by atoms with van der Waals surface area (Å²) in [5.41, 5.74) is 6.48. The van der Waals surface area contributed by atoms with Gasteiger partial charge in [0.2, 0.25) is 0 Å². The fourth-order valence-corrected chi connectivity index (χ4v) is 2.80. The van der Waals surface area contributed by atoms with Crippen molar-refractivity contribution in [2.24, 2.45) is 0 Å². The molecule has 0 aliphatic carbocycles. The molecule has 0 radical (unpaired) electrons. The number of halogens is 2. The Morgan fingerprint density at radius 2 is 2.00 bits per heavy atom. The maximum Gasteiger partial charge on any atom is 0.340 e. The topological polar surface area (TPSA) is 78.7 Å². The Kier molecular flexibility index (Phi) is 4.27. The SMILES string of the molecule is CCCc1nc(N)c2c(n1)n(Cc1ccc(F)c(F)c1)c(=O)n2S. The van der Waals surface area contributed by atoms with Crippen LogP contribution in [0.15, 0.2) is 23.0 Å². The summed E-state index contributed by atoms with van der Waals surface area (Å²) in [6.45, 7) is 1.99. The third kappa shape index (κ3) is 2.75. The lowest BCUT2D eigenvalue weighted by molar-refractivity contribution is 0.506. The van der Waals surface area contributed by atoms with Crippen molar-refractivity contribution >= 4 is 29.8 Å². The van der Waals surface area contributed by atoms with Gasteiger partial charge in [0.25, 0.3) is 0 Å². The number of aryl methyl sites for hydroxylation is 1. The van der Waals surface area contributed by atoms with Crippen molar-refractivity contribution in [3.63, 3.8) is 0 Å². The zero-order chi connectivity index (χ0) is 17.4. The second kappa shape index (κ2) is 6.23. The van der Waals surface area contributed by atoms with Gasteiger partial charge in [-0.3, -0.25) is 4.57 Å². The summed E-state index contributed by atoms with van der Waals surface area (Å²) in [7, 11) is 0. The number of nitrogens with two attached hydrogens (primary N) is 1. The van der Waals surface area contributed by atoms with Crippen LogP contribution >= 0.6 is 12.8 Å². The van der Waals surface area contributed by atoms with Crippen LogP contribution in [-0.4, -0.2) is 18.5 Å². The van der Waals surface area contributed by atoms with E-state index in [0.717, 1.165) is 22.5 Å². The van der Waals surface area contributed by atoms with E-state index in [0.29, 0.717) is 29.0 Å². The first kappa shape index (κ1) is 16.4. The van der Waals surface area contributed by atoms with Crippen molar-refractivity contribution in [1.29, 1.82) is 0 Å². The molecule has 126 valence electrons. The van der Waals surface area contributed by atoms with Gasteiger partial charge in [-0.2, -0.15) is 0 Å². The Morgan fingerprint density at radius 3 is 2.67 bits per heavy atom. The smallest absolute Gasteiger partial charge is 0.340 e. The fourth-order valence-electron chi connectivity index (χ4n) is 2.50. The molecule has 0 aliphatic rings. The monoisotopic (exact) mass is 351 g/mol. The molecule has 0 atom stereocenters. The lowest BCUT2D eigenvalue weighted by atomic mass is 10.2. The highest BCUT2D eigenvalue weighted by molar-refractivity contribution is 7.78. The molecule has 2 N–H and O–H groups in total. The molecule has 0 unspecified atom stereocenters. The van der Waals surface area contributed by atoms with Gasteiger partial charge >= 0.3 is 5.69 Å². The largest absolute Gasteiger partial charge is 0.382 e. The molecule has 0 spiro atoms. The van der Waals surface area contributed by atoms with Crippen LogP contribution in [0.4, 0.5) is 14.6 Å². The summed E-state index contributed by atoms with van der Waals surface area (Å²) < 4.78 is 28.8. The molecule has 9 heteroatoms. The minimum Gasteiger partial charge on any atom is -0.382 e. The van der Waals surface area contributed by atoms with E-state index in [1.807, 2.05) is 6.92 Å². The van der Waals surface area contributed by atoms with Crippen molar-refractivity contribution in [2.45, 2.75) is 26.3 Å². The zero-order valence-corrected chi connectivity index (χ0v) is 13.7. The number of anilines is 1. The molecule has 0 fully saturated rings. The first-order chi connectivity index (χ1) is 11.4. The number of nitrogen functional groups attached to an aromatic ring is 1. The summed E-state index contributed by atoms with van der Waals surface area (Å²) in [5, 5.41) is 0. The third-order valence-corrected chi connectivity index (χ3v) is 3.99. The maximum absolute atomic E-state index is 13.4. The number of benzene rings is 1. The third-order valence-electron chi connectivity index (χ3n) is 3.62. The van der Waals surface area contributed by atoms with Crippen LogP contribution in [0.3, 0.4) is 0 Å². The summed E-state index contributed by atoms with van der Waals surface area (Å²) in [5.74, 6) is -1.25. The number of aromatic nitrogens is 4. The van der Waals surface area contributed by atoms with Gasteiger partial charge in [-0.25, -0.2) is 27.5 Å². The van der Waals surface area contributed by atoms with E-state index >= 15 is 0 Å². The van der Waals surface area contributed by atoms with Crippen molar-refractivity contribution in [3.8, 4) is 0 Å². The van der Waals surface area contributed by atoms with Gasteiger partial charge in [0.15, 0.2) is 23.1 Å². The van der Waals surface area contributed by atoms with Crippen LogP contribution in [0.1, 0.15) is 24.7 Å². The van der Waals surface area contributed by atoms with Gasteiger partial charge in [0.05, 0.1) is 6.54 Å². The molecular weight excluding hydrogens is 336 g/mol. The Bertz CT molecular complexity index is 982. The van der Waals surface area contributed by atoms with E-state index in [4.69, 9.17) is 5.73 Å². The van der Waals surface area contributed by atoms with Crippen LogP contribution in [0, 0.1) is 11.6 Å². The normalized spacial score (nSPS) is 11.3. The van der Waals surface area contributed by atoms with Gasteiger partial charge in [-0.05, 0) is 24.1 Å². The number of fused-ring (bicyclic) bond motifs is 1. The molecule has 6 nitrogen and oxygen atoms in total. The molecule has 3 rings (SSSR count). The molecule has 2 aromatic heterocycles. The van der Waals surface area contributed by atoms with Crippen molar-refractivity contribution < 1.29 is 8.78 Å². The minimum absolute atomic E-state index is 0.0160. The van der Waals surface area contributed by atoms with Gasteiger partial charge in [-0.15, -0.1) is 0 Å². The maximum atomic E-state index is 13.4. The predicted octanol–water partition coefficient (Wildman–Crippen LogP) is 2.15. The van der Waals surface area contributed by atoms with Gasteiger partial charge < -0.3 is 5.73 Å². The van der Waals surface area contributed by atoms with E-state index in [1.165, 1.54) is 10.6 Å². The number of hydrogen-bond acceptors (Lipinski definition) is 5. The van der Waals surface area contributed by atoms with E-state index in [9.17, 15) is 13.6 Å². The molecule has 0 amide bonds. The Labute approximate surface area is 141 Å². The summed E-state index contributed by atoms with van der Waals surface area (Å²) in [6.07, 6.45) is 1.43. The highest BCUT2D eigenvalue weighted by Gasteiger charge is 2.18. The van der Waals surface area contributed by atoms with Crippen molar-refractivity contribution in [1.82, 2.24) is 18.5 Å². The van der Waals surface area contributed by atoms with Crippen molar-refractivity contribution in [3.05, 3.63) is 51.7 Å². The first-order valence-electron chi connectivity index (χ1n) is 7.33. The van der Waals surface area contributed by atoms with E-state index in [-0.39, 0.29) is 12.4 Å². The molecule has 24 heavy (non-hydrogen) atoms. The van der Waals surface area contributed by atoms with Gasteiger partial charge in [0, 0.05) is 6.42 Å². The van der Waals surface area contributed by atoms with Gasteiger partial charge in [-0.1, -0.05) is 25.8 Å². The fraction of sp³-hybridized carbons (Fsp3) is 0.267. The molecule has 1 aromatic carbocycles. The Morgan fingerprint density at radius 1 is 1.25 bits per heavy atom. The number of hydrogen-bond donors (Lipinski definition) is 2. The van der Waals surface area contributed by atoms with E-state index in [1.54, 1.807) is 0 Å². The van der Waals surface area contributed by atoms with Gasteiger partial charge in [0.1, 0.15) is 11.3 Å². The lowest BCUT2D eigenvalue weighted by Crippen LogP contribution is -2.21. The highest BCUT2D eigenvalue weighted by Crippen LogP contribution is 2.20. The molecule has 3 aromatic rings. The standard InChI is InChI=1S/C15H15F2N5OS/c1-2-3-11-19-13(18)12-14(20-11)21(15(23)22(12)24)7-8-4-5-9(16)10(17)6-8/h4-6,24H,2-3,7H2,1H3,(H2,18,19,20). The average molecular weight is 351 g/mol. The average Bonchev–Trinajstić information content (AvgIpc) is 2.76. The minimum atomic E-state index is -0.976. The number of thiol groups is 1. The zero-order valence-electron chi connectivity index (χ0n) is 12.8. The second-order valence-electron chi connectivity index (χ2n) is 5.38. The second-order valence-corrected chi connectivity index (χ2v) is 5.78. The predicted molar refractivity (Wildman–Crippen MR) is 90.0 cm³/mol. The number of rotatable bonds is 4. The molecule has 0 bridgehead atoms. The van der Waals surface area contributed by atoms with Crippen LogP contribution in [0.25, 0.3) is 11.2 Å². The summed E-state index contributed by atoms with van der Waals surface area (Å²) in [4.78, 5) is 21.0. The number of imidazole rings is 1. The first-order valence-corrected chi connectivity index (χ1v) is 7.73. The molecule has 0 saturated carbocycles. The van der Waals surface area contributed by atoms with Crippen LogP contribution in [0.2, 0.25) is 0 Å². The summed E-state index contributed by atoms with van der Waals surface area (Å²) in [6, 6.07) is 3.46. The Hall–Kier alpha value is -2.42. The van der Waals surface area contributed by atoms with Crippen LogP contribution in [0.5, 0.6) is 0 Å². The van der Waals surface area contributed by atoms with Crippen LogP contribution < -0.4 is 11.4 Å². The Balaban J connectivity index is 2.17.